The lowest BCUT2D eigenvalue weighted by molar-refractivity contribution is 0.373. The van der Waals surface area contributed by atoms with E-state index in [4.69, 9.17) is 4.74 Å². The second-order valence-electron chi connectivity index (χ2n) is 5.35. The summed E-state index contributed by atoms with van der Waals surface area (Å²) in [5.74, 6) is 0.810. The molecule has 1 heterocycles. The van der Waals surface area contributed by atoms with E-state index >= 15 is 0 Å². The molecule has 6 heteroatoms. The Morgan fingerprint density at radius 1 is 1.08 bits per heavy atom. The molecule has 25 heavy (non-hydrogen) atoms. The summed E-state index contributed by atoms with van der Waals surface area (Å²) in [6.07, 6.45) is 1.49. The molecule has 6 nitrogen and oxygen atoms in total. The molecule has 0 amide bonds. The van der Waals surface area contributed by atoms with Gasteiger partial charge in [0.15, 0.2) is 11.5 Å². The zero-order valence-electron chi connectivity index (χ0n) is 14.0. The number of nitrogens with zero attached hydrogens (tertiary/aromatic N) is 3. The average Bonchev–Trinajstić information content (AvgIpc) is 2.63. The lowest BCUT2D eigenvalue weighted by atomic mass is 10.1. The van der Waals surface area contributed by atoms with Crippen LogP contribution in [0.3, 0.4) is 0 Å². The van der Waals surface area contributed by atoms with E-state index in [0.717, 1.165) is 17.0 Å². The van der Waals surface area contributed by atoms with Gasteiger partial charge >= 0.3 is 0 Å². The Balaban J connectivity index is 1.81. The maximum atomic E-state index is 10.0. The van der Waals surface area contributed by atoms with Gasteiger partial charge in [-0.3, -0.25) is 0 Å². The number of phenols is 1. The van der Waals surface area contributed by atoms with Crippen molar-refractivity contribution in [2.75, 3.05) is 12.5 Å². The summed E-state index contributed by atoms with van der Waals surface area (Å²) in [6.45, 7) is 1.90. The number of aromatic nitrogens is 2. The lowest BCUT2D eigenvalue weighted by Gasteiger charge is -2.06. The van der Waals surface area contributed by atoms with E-state index in [0.29, 0.717) is 17.3 Å². The number of hydrogen-bond donors (Lipinski definition) is 2. The van der Waals surface area contributed by atoms with Crippen molar-refractivity contribution in [2.45, 2.75) is 6.92 Å². The fourth-order valence-corrected chi connectivity index (χ4v) is 2.34. The molecule has 2 N–H and O–H groups in total. The second-order valence-corrected chi connectivity index (χ2v) is 5.35. The zero-order valence-corrected chi connectivity index (χ0v) is 14.0. The molecule has 3 rings (SSSR count). The highest BCUT2D eigenvalue weighted by Crippen LogP contribution is 2.28. The Morgan fingerprint density at radius 3 is 2.64 bits per heavy atom. The molecule has 0 unspecified atom stereocenters. The molecule has 0 fully saturated rings. The van der Waals surface area contributed by atoms with Crippen molar-refractivity contribution in [3.8, 4) is 22.8 Å². The van der Waals surface area contributed by atoms with Gasteiger partial charge in [0.2, 0.25) is 5.95 Å². The summed E-state index contributed by atoms with van der Waals surface area (Å²) in [6, 6.07) is 17.0. The highest BCUT2D eigenvalue weighted by Gasteiger charge is 2.06. The molecular formula is C19H18N4O2. The number of ether oxygens (including phenoxy) is 1. The Bertz CT molecular complexity index is 895. The molecule has 0 aliphatic carbocycles. The van der Waals surface area contributed by atoms with Crippen molar-refractivity contribution in [1.29, 1.82) is 0 Å². The van der Waals surface area contributed by atoms with Gasteiger partial charge in [0.1, 0.15) is 0 Å². The highest BCUT2D eigenvalue weighted by molar-refractivity contribution is 5.85. The van der Waals surface area contributed by atoms with Crippen molar-refractivity contribution in [3.05, 3.63) is 65.9 Å². The largest absolute Gasteiger partial charge is 0.504 e. The van der Waals surface area contributed by atoms with Crippen molar-refractivity contribution < 1.29 is 9.84 Å². The van der Waals surface area contributed by atoms with Gasteiger partial charge in [-0.15, -0.1) is 0 Å². The van der Waals surface area contributed by atoms with E-state index in [2.05, 4.69) is 20.5 Å². The monoisotopic (exact) mass is 334 g/mol. The number of methoxy groups -OCH3 is 1. The third-order valence-corrected chi connectivity index (χ3v) is 3.54. The molecule has 0 saturated carbocycles. The molecule has 126 valence electrons. The number of hydrogen-bond acceptors (Lipinski definition) is 6. The van der Waals surface area contributed by atoms with Crippen molar-refractivity contribution >= 4 is 12.2 Å². The van der Waals surface area contributed by atoms with E-state index in [1.54, 1.807) is 18.2 Å². The van der Waals surface area contributed by atoms with Gasteiger partial charge in [-0.2, -0.15) is 5.10 Å². The summed E-state index contributed by atoms with van der Waals surface area (Å²) in [7, 11) is 1.50. The topological polar surface area (TPSA) is 79.6 Å². The Hall–Kier alpha value is -3.41. The van der Waals surface area contributed by atoms with E-state index in [1.165, 1.54) is 13.3 Å². The Morgan fingerprint density at radius 2 is 1.88 bits per heavy atom. The lowest BCUT2D eigenvalue weighted by Crippen LogP contribution is -2.00. The number of aromatic hydroxyl groups is 1. The van der Waals surface area contributed by atoms with Crippen molar-refractivity contribution in [1.82, 2.24) is 9.97 Å². The first-order valence-electron chi connectivity index (χ1n) is 7.73. The first-order valence-corrected chi connectivity index (χ1v) is 7.73. The molecule has 0 atom stereocenters. The van der Waals surface area contributed by atoms with Gasteiger partial charge in [-0.1, -0.05) is 36.4 Å². The Labute approximate surface area is 145 Å². The predicted molar refractivity (Wildman–Crippen MR) is 98.1 cm³/mol. The fraction of sp³-hybridized carbons (Fsp3) is 0.105. The van der Waals surface area contributed by atoms with Crippen LogP contribution in [-0.4, -0.2) is 28.4 Å². The number of anilines is 1. The van der Waals surface area contributed by atoms with Crippen LogP contribution in [0.4, 0.5) is 5.95 Å². The Kier molecular flexibility index (Phi) is 4.89. The van der Waals surface area contributed by atoms with Gasteiger partial charge in [0.05, 0.1) is 19.0 Å². The van der Waals surface area contributed by atoms with Crippen LogP contribution in [0, 0.1) is 6.92 Å². The van der Waals surface area contributed by atoms with Crippen molar-refractivity contribution in [3.63, 3.8) is 0 Å². The SMILES string of the molecule is COc1cccc(/C=N/Nc2nc(C)cc(-c3ccccc3)n2)c1O. The molecule has 1 aromatic heterocycles. The summed E-state index contributed by atoms with van der Waals surface area (Å²) < 4.78 is 5.07. The first-order chi connectivity index (χ1) is 12.2. The third kappa shape index (κ3) is 3.92. The number of rotatable bonds is 5. The van der Waals surface area contributed by atoms with Gasteiger partial charge in [-0.05, 0) is 25.1 Å². The van der Waals surface area contributed by atoms with Crippen LogP contribution in [0.15, 0.2) is 59.7 Å². The van der Waals surface area contributed by atoms with E-state index in [1.807, 2.05) is 43.3 Å². The molecule has 0 radical (unpaired) electrons. The first kappa shape index (κ1) is 16.4. The molecule has 2 aromatic carbocycles. The van der Waals surface area contributed by atoms with Gasteiger partial charge < -0.3 is 9.84 Å². The standard InChI is InChI=1S/C19H18N4O2/c1-13-11-16(14-7-4-3-5-8-14)22-19(21-13)23-20-12-15-9-6-10-17(25-2)18(15)24/h3-12,24H,1-2H3,(H,21,22,23)/b20-12+. The number of phenolic OH excluding ortho intramolecular Hbond substituents is 1. The molecule has 0 aliphatic heterocycles. The minimum atomic E-state index is 0.0330. The summed E-state index contributed by atoms with van der Waals surface area (Å²) >= 11 is 0. The fourth-order valence-electron chi connectivity index (χ4n) is 2.34. The predicted octanol–water partition coefficient (Wildman–Crippen LogP) is 3.61. The maximum Gasteiger partial charge on any atom is 0.244 e. The minimum Gasteiger partial charge on any atom is -0.504 e. The minimum absolute atomic E-state index is 0.0330. The van der Waals surface area contributed by atoms with Crippen LogP contribution in [0.5, 0.6) is 11.5 Å². The summed E-state index contributed by atoms with van der Waals surface area (Å²) in [4.78, 5) is 8.79. The number of hydrazone groups is 1. The van der Waals surface area contributed by atoms with Crippen LogP contribution < -0.4 is 10.2 Å². The van der Waals surface area contributed by atoms with Crippen LogP contribution in [-0.2, 0) is 0 Å². The number of nitrogens with one attached hydrogen (secondary N) is 1. The highest BCUT2D eigenvalue weighted by atomic mass is 16.5. The van der Waals surface area contributed by atoms with E-state index in [9.17, 15) is 5.11 Å². The quantitative estimate of drug-likeness (QED) is 0.550. The maximum absolute atomic E-state index is 10.0. The average molecular weight is 334 g/mol. The van der Waals surface area contributed by atoms with Gasteiger partial charge in [0, 0.05) is 16.8 Å². The second kappa shape index (κ2) is 7.44. The zero-order chi connectivity index (χ0) is 17.6. The molecule has 0 spiro atoms. The van der Waals surface area contributed by atoms with Crippen molar-refractivity contribution in [2.24, 2.45) is 5.10 Å². The molecule has 0 aliphatic rings. The van der Waals surface area contributed by atoms with Crippen LogP contribution >= 0.6 is 0 Å². The molecule has 3 aromatic rings. The molecular weight excluding hydrogens is 316 g/mol. The van der Waals surface area contributed by atoms with Gasteiger partial charge in [-0.25, -0.2) is 15.4 Å². The summed E-state index contributed by atoms with van der Waals surface area (Å²) in [5, 5.41) is 14.2. The van der Waals surface area contributed by atoms with Crippen LogP contribution in [0.25, 0.3) is 11.3 Å². The van der Waals surface area contributed by atoms with Crippen LogP contribution in [0.2, 0.25) is 0 Å². The number of aryl methyl sites for hydroxylation is 1. The summed E-state index contributed by atoms with van der Waals surface area (Å²) in [5.41, 5.74) is 5.98. The number of benzene rings is 2. The molecule has 0 bridgehead atoms. The van der Waals surface area contributed by atoms with E-state index < -0.39 is 0 Å². The van der Waals surface area contributed by atoms with Crippen LogP contribution in [0.1, 0.15) is 11.3 Å². The smallest absolute Gasteiger partial charge is 0.244 e. The third-order valence-electron chi connectivity index (χ3n) is 3.54. The normalized spacial score (nSPS) is 10.8. The number of para-hydroxylation sites is 1. The van der Waals surface area contributed by atoms with E-state index in [-0.39, 0.29) is 5.75 Å². The van der Waals surface area contributed by atoms with Gasteiger partial charge in [0.25, 0.3) is 0 Å². The molecule has 0 saturated heterocycles.